The van der Waals surface area contributed by atoms with Crippen molar-refractivity contribution in [3.8, 4) is 0 Å². The largest absolute Gasteiger partial charge is 0.417 e. The van der Waals surface area contributed by atoms with E-state index in [2.05, 4.69) is 48.9 Å². The van der Waals surface area contributed by atoms with Crippen LogP contribution in [0.15, 0.2) is 45.6 Å². The molecule has 0 bridgehead atoms. The maximum atomic E-state index is 13.2. The smallest absolute Gasteiger partial charge is 0.408 e. The summed E-state index contributed by atoms with van der Waals surface area (Å²) in [6.45, 7) is 10.3. The predicted octanol–water partition coefficient (Wildman–Crippen LogP) is 4.26. The summed E-state index contributed by atoms with van der Waals surface area (Å²) >= 11 is 0. The van der Waals surface area contributed by atoms with Gasteiger partial charge >= 0.3 is 5.76 Å². The minimum absolute atomic E-state index is 0.0320. The number of oxazole rings is 1. The van der Waals surface area contributed by atoms with Gasteiger partial charge in [-0.1, -0.05) is 18.2 Å². The van der Waals surface area contributed by atoms with E-state index in [1.54, 1.807) is 18.2 Å². The van der Waals surface area contributed by atoms with Gasteiger partial charge in [-0.15, -0.1) is 0 Å². The number of likely N-dealkylation sites (tertiary alicyclic amines) is 1. The highest BCUT2D eigenvalue weighted by atomic mass is 16.4. The molecule has 1 amide bonds. The molecule has 0 unspecified atom stereocenters. The van der Waals surface area contributed by atoms with Gasteiger partial charge in [0.05, 0.1) is 5.52 Å². The predicted molar refractivity (Wildman–Crippen MR) is 120 cm³/mol. The van der Waals surface area contributed by atoms with E-state index in [0.29, 0.717) is 35.7 Å². The lowest BCUT2D eigenvalue weighted by atomic mass is 9.84. The number of amides is 1. The summed E-state index contributed by atoms with van der Waals surface area (Å²) < 4.78 is 5.13. The average molecular weight is 420 g/mol. The fourth-order valence-corrected chi connectivity index (χ4v) is 5.10. The third-order valence-electron chi connectivity index (χ3n) is 6.86. The van der Waals surface area contributed by atoms with Crippen molar-refractivity contribution in [2.45, 2.75) is 58.2 Å². The first-order valence-electron chi connectivity index (χ1n) is 11.1. The molecular weight excluding hydrogens is 390 g/mol. The molecule has 0 radical (unpaired) electrons. The average Bonchev–Trinajstić information content (AvgIpc) is 3.34. The zero-order valence-electron chi connectivity index (χ0n) is 18.4. The highest BCUT2D eigenvalue weighted by molar-refractivity contribution is 5.97. The van der Waals surface area contributed by atoms with Gasteiger partial charge in [0.25, 0.3) is 5.91 Å². The van der Waals surface area contributed by atoms with Gasteiger partial charge < -0.3 is 9.32 Å². The van der Waals surface area contributed by atoms with E-state index in [9.17, 15) is 9.59 Å². The molecule has 0 spiro atoms. The number of H-pyrrole nitrogens is 1. The molecule has 6 nitrogen and oxygen atoms in total. The second-order valence-corrected chi connectivity index (χ2v) is 9.80. The van der Waals surface area contributed by atoms with E-state index >= 15 is 0 Å². The van der Waals surface area contributed by atoms with Crippen LogP contribution in [0.1, 0.15) is 66.6 Å². The molecule has 3 aromatic rings. The SMILES string of the molecule is CC(C)(C)N1CCC(c2cccc3c2CN(C(=O)c2ccc4[nH]c(=O)oc4c2)C3)CC1. The third-order valence-corrected chi connectivity index (χ3v) is 6.86. The topological polar surface area (TPSA) is 69.6 Å². The molecule has 162 valence electrons. The number of carbonyl (C=O) groups excluding carboxylic acids is 1. The zero-order chi connectivity index (χ0) is 21.8. The molecule has 6 heteroatoms. The number of hydrogen-bond donors (Lipinski definition) is 1. The van der Waals surface area contributed by atoms with Crippen LogP contribution in [-0.2, 0) is 13.1 Å². The summed E-state index contributed by atoms with van der Waals surface area (Å²) in [4.78, 5) is 31.7. The fourth-order valence-electron chi connectivity index (χ4n) is 5.10. The Bertz CT molecular complexity index is 1190. The second-order valence-electron chi connectivity index (χ2n) is 9.80. The number of piperidine rings is 1. The summed E-state index contributed by atoms with van der Waals surface area (Å²) in [6.07, 6.45) is 2.32. The fraction of sp³-hybridized carbons (Fsp3) is 0.440. The van der Waals surface area contributed by atoms with Crippen molar-refractivity contribution in [2.75, 3.05) is 13.1 Å². The number of nitrogens with zero attached hydrogens (tertiary/aromatic N) is 2. The van der Waals surface area contributed by atoms with Crippen molar-refractivity contribution in [3.05, 3.63) is 69.2 Å². The van der Waals surface area contributed by atoms with Crippen LogP contribution in [-0.4, -0.2) is 39.3 Å². The molecule has 2 aromatic carbocycles. The number of benzene rings is 2. The summed E-state index contributed by atoms with van der Waals surface area (Å²) in [5.41, 5.74) is 5.76. The van der Waals surface area contributed by atoms with Gasteiger partial charge in [-0.05, 0) is 87.5 Å². The first-order valence-corrected chi connectivity index (χ1v) is 11.1. The maximum absolute atomic E-state index is 13.2. The highest BCUT2D eigenvalue weighted by Gasteiger charge is 2.32. The number of aromatic amines is 1. The van der Waals surface area contributed by atoms with Crippen LogP contribution >= 0.6 is 0 Å². The molecule has 1 fully saturated rings. The minimum Gasteiger partial charge on any atom is -0.408 e. The number of hydrogen-bond acceptors (Lipinski definition) is 4. The van der Waals surface area contributed by atoms with Gasteiger partial charge in [-0.2, -0.15) is 0 Å². The van der Waals surface area contributed by atoms with Gasteiger partial charge in [0.15, 0.2) is 5.58 Å². The van der Waals surface area contributed by atoms with Crippen LogP contribution in [0.3, 0.4) is 0 Å². The zero-order valence-corrected chi connectivity index (χ0v) is 18.4. The number of rotatable bonds is 2. The number of carbonyl (C=O) groups is 1. The molecule has 2 aliphatic heterocycles. The van der Waals surface area contributed by atoms with E-state index in [4.69, 9.17) is 4.42 Å². The Hall–Kier alpha value is -2.86. The second kappa shape index (κ2) is 7.38. The summed E-state index contributed by atoms with van der Waals surface area (Å²) in [5, 5.41) is 0. The van der Waals surface area contributed by atoms with Crippen LogP contribution in [0.25, 0.3) is 11.1 Å². The maximum Gasteiger partial charge on any atom is 0.417 e. The van der Waals surface area contributed by atoms with Crippen molar-refractivity contribution in [1.82, 2.24) is 14.8 Å². The van der Waals surface area contributed by atoms with E-state index in [-0.39, 0.29) is 11.4 Å². The lowest BCUT2D eigenvalue weighted by Gasteiger charge is -2.41. The molecule has 1 N–H and O–H groups in total. The quantitative estimate of drug-likeness (QED) is 0.674. The lowest BCUT2D eigenvalue weighted by Crippen LogP contribution is -2.45. The van der Waals surface area contributed by atoms with Crippen LogP contribution < -0.4 is 5.76 Å². The van der Waals surface area contributed by atoms with Gasteiger partial charge in [0, 0.05) is 24.2 Å². The number of aromatic nitrogens is 1. The molecule has 5 rings (SSSR count). The van der Waals surface area contributed by atoms with Crippen LogP contribution in [0.2, 0.25) is 0 Å². The first kappa shape index (κ1) is 20.1. The molecule has 3 heterocycles. The van der Waals surface area contributed by atoms with Gasteiger partial charge in [0.1, 0.15) is 0 Å². The van der Waals surface area contributed by atoms with E-state index in [1.807, 2.05) is 4.90 Å². The van der Waals surface area contributed by atoms with Crippen molar-refractivity contribution in [2.24, 2.45) is 0 Å². The van der Waals surface area contributed by atoms with Gasteiger partial charge in [-0.3, -0.25) is 14.7 Å². The molecular formula is C25H29N3O3. The molecule has 0 aliphatic carbocycles. The van der Waals surface area contributed by atoms with Crippen molar-refractivity contribution < 1.29 is 9.21 Å². The van der Waals surface area contributed by atoms with Crippen molar-refractivity contribution in [3.63, 3.8) is 0 Å². The van der Waals surface area contributed by atoms with Crippen LogP contribution in [0, 0.1) is 0 Å². The molecule has 31 heavy (non-hydrogen) atoms. The van der Waals surface area contributed by atoms with Gasteiger partial charge in [-0.25, -0.2) is 4.79 Å². The molecule has 2 aliphatic rings. The lowest BCUT2D eigenvalue weighted by molar-refractivity contribution is 0.0750. The van der Waals surface area contributed by atoms with E-state index < -0.39 is 5.76 Å². The highest BCUT2D eigenvalue weighted by Crippen LogP contribution is 2.37. The molecule has 0 atom stereocenters. The first-order chi connectivity index (χ1) is 14.8. The normalized spacial score (nSPS) is 18.0. The van der Waals surface area contributed by atoms with Crippen LogP contribution in [0.5, 0.6) is 0 Å². The Morgan fingerprint density at radius 3 is 2.61 bits per heavy atom. The van der Waals surface area contributed by atoms with Gasteiger partial charge in [0.2, 0.25) is 0 Å². The Morgan fingerprint density at radius 1 is 1.10 bits per heavy atom. The van der Waals surface area contributed by atoms with Crippen molar-refractivity contribution in [1.29, 1.82) is 0 Å². The number of fused-ring (bicyclic) bond motifs is 2. The van der Waals surface area contributed by atoms with Crippen molar-refractivity contribution >= 4 is 17.0 Å². The van der Waals surface area contributed by atoms with E-state index in [0.717, 1.165) is 25.9 Å². The third kappa shape index (κ3) is 3.69. The Morgan fingerprint density at radius 2 is 1.87 bits per heavy atom. The standard InChI is InChI=1S/C25H29N3O3/c1-25(2,3)28-11-9-16(10-12-28)19-6-4-5-18-14-27(15-20(18)19)23(29)17-7-8-21-22(13-17)31-24(30)26-21/h4-8,13,16H,9-12,14-15H2,1-3H3,(H,26,30). The Labute approximate surface area is 181 Å². The minimum atomic E-state index is -0.504. The summed E-state index contributed by atoms with van der Waals surface area (Å²) in [5.74, 6) is 0.0138. The Kier molecular flexibility index (Phi) is 4.77. The summed E-state index contributed by atoms with van der Waals surface area (Å²) in [7, 11) is 0. The molecule has 1 saturated heterocycles. The summed E-state index contributed by atoms with van der Waals surface area (Å²) in [6, 6.07) is 11.7. The van der Waals surface area contributed by atoms with Crippen LogP contribution in [0.4, 0.5) is 0 Å². The monoisotopic (exact) mass is 419 g/mol. The Balaban J connectivity index is 1.35. The van der Waals surface area contributed by atoms with E-state index in [1.165, 1.54) is 16.7 Å². The number of nitrogens with one attached hydrogen (secondary N) is 1. The molecule has 0 saturated carbocycles. The molecule has 1 aromatic heterocycles.